The highest BCUT2D eigenvalue weighted by atomic mass is 35.5. The summed E-state index contributed by atoms with van der Waals surface area (Å²) in [6.45, 7) is 5.92. The van der Waals surface area contributed by atoms with E-state index < -0.39 is 6.04 Å². The third kappa shape index (κ3) is 6.39. The van der Waals surface area contributed by atoms with E-state index in [-0.39, 0.29) is 18.4 Å². The molecule has 0 radical (unpaired) electrons. The highest BCUT2D eigenvalue weighted by molar-refractivity contribution is 6.32. The Morgan fingerprint density at radius 1 is 0.941 bits per heavy atom. The number of hydrogen-bond acceptors (Lipinski definition) is 3. The van der Waals surface area contributed by atoms with Crippen molar-refractivity contribution < 1.29 is 14.3 Å². The first-order chi connectivity index (χ1) is 16.3. The third-order valence-corrected chi connectivity index (χ3v) is 6.49. The van der Waals surface area contributed by atoms with Crippen LogP contribution in [-0.4, -0.2) is 36.4 Å². The third-order valence-electron chi connectivity index (χ3n) is 5.89. The minimum absolute atomic E-state index is 0.186. The molecule has 0 saturated heterocycles. The number of carbonyl (C=O) groups is 2. The summed E-state index contributed by atoms with van der Waals surface area (Å²) in [5.74, 6) is 0.0881. The van der Waals surface area contributed by atoms with Crippen molar-refractivity contribution >= 4 is 23.4 Å². The van der Waals surface area contributed by atoms with Crippen molar-refractivity contribution in [2.24, 2.45) is 0 Å². The van der Waals surface area contributed by atoms with E-state index >= 15 is 0 Å². The summed E-state index contributed by atoms with van der Waals surface area (Å²) >= 11 is 6.26. The molecule has 1 N–H and O–H groups in total. The second-order valence-corrected chi connectivity index (χ2v) is 8.81. The Bertz CT molecular complexity index is 1120. The number of ether oxygens (including phenoxy) is 1. The SMILES string of the molecule is CNC(=O)[C@@H](Cc1ccccc1)N(Cc1ccccc1C)C(=O)COc1cc(C)c(Cl)c(C)c1. The summed E-state index contributed by atoms with van der Waals surface area (Å²) in [6, 6.07) is 20.5. The zero-order valence-electron chi connectivity index (χ0n) is 20.1. The average Bonchev–Trinajstić information content (AvgIpc) is 2.84. The van der Waals surface area contributed by atoms with E-state index in [1.807, 2.05) is 87.5 Å². The summed E-state index contributed by atoms with van der Waals surface area (Å²) in [5.41, 5.74) is 4.78. The van der Waals surface area contributed by atoms with Gasteiger partial charge in [0, 0.05) is 25.0 Å². The van der Waals surface area contributed by atoms with Crippen molar-refractivity contribution in [3.8, 4) is 5.75 Å². The van der Waals surface area contributed by atoms with Crippen molar-refractivity contribution in [3.63, 3.8) is 0 Å². The molecule has 6 heteroatoms. The first-order valence-electron chi connectivity index (χ1n) is 11.3. The number of aryl methyl sites for hydroxylation is 3. The molecule has 0 aliphatic rings. The lowest BCUT2D eigenvalue weighted by Crippen LogP contribution is -2.51. The second-order valence-electron chi connectivity index (χ2n) is 8.43. The standard InChI is InChI=1S/C28H31ClN2O3/c1-19-10-8-9-13-23(19)17-31(25(28(33)30-4)16-22-11-6-5-7-12-22)26(32)18-34-24-14-20(2)27(29)21(3)15-24/h5-15,25H,16-18H2,1-4H3,(H,30,33)/t25-/m1/s1. The van der Waals surface area contributed by atoms with Gasteiger partial charge in [0.1, 0.15) is 11.8 Å². The minimum atomic E-state index is -0.684. The van der Waals surface area contributed by atoms with E-state index in [0.29, 0.717) is 23.7 Å². The number of rotatable bonds is 9. The van der Waals surface area contributed by atoms with Gasteiger partial charge < -0.3 is 15.0 Å². The molecule has 1 atom stereocenters. The van der Waals surface area contributed by atoms with E-state index in [0.717, 1.165) is 27.8 Å². The number of halogens is 1. The van der Waals surface area contributed by atoms with Crippen molar-refractivity contribution in [1.82, 2.24) is 10.2 Å². The summed E-state index contributed by atoms with van der Waals surface area (Å²) in [4.78, 5) is 28.1. The number of amides is 2. The summed E-state index contributed by atoms with van der Waals surface area (Å²) in [5, 5.41) is 3.41. The molecule has 5 nitrogen and oxygen atoms in total. The van der Waals surface area contributed by atoms with Crippen LogP contribution in [0.15, 0.2) is 66.7 Å². The highest BCUT2D eigenvalue weighted by Crippen LogP contribution is 2.26. The van der Waals surface area contributed by atoms with Crippen LogP contribution in [-0.2, 0) is 22.6 Å². The molecule has 0 heterocycles. The van der Waals surface area contributed by atoms with Gasteiger partial charge in [0.25, 0.3) is 5.91 Å². The molecule has 2 amide bonds. The predicted octanol–water partition coefficient (Wildman–Crippen LogP) is 5.03. The van der Waals surface area contributed by atoms with Crippen LogP contribution in [0.5, 0.6) is 5.75 Å². The molecule has 178 valence electrons. The number of carbonyl (C=O) groups excluding carboxylic acids is 2. The van der Waals surface area contributed by atoms with Gasteiger partial charge in [0.2, 0.25) is 5.91 Å². The quantitative estimate of drug-likeness (QED) is 0.469. The van der Waals surface area contributed by atoms with Crippen molar-refractivity contribution in [2.75, 3.05) is 13.7 Å². The smallest absolute Gasteiger partial charge is 0.261 e. The number of hydrogen-bond donors (Lipinski definition) is 1. The Balaban J connectivity index is 1.90. The Morgan fingerprint density at radius 3 is 2.18 bits per heavy atom. The normalized spacial score (nSPS) is 11.6. The van der Waals surface area contributed by atoms with Gasteiger partial charge in [-0.15, -0.1) is 0 Å². The van der Waals surface area contributed by atoms with Crippen LogP contribution in [0.3, 0.4) is 0 Å². The second kappa shape index (κ2) is 11.7. The van der Waals surface area contributed by atoms with E-state index in [1.165, 1.54) is 0 Å². The molecule has 0 fully saturated rings. The fraction of sp³-hybridized carbons (Fsp3) is 0.286. The van der Waals surface area contributed by atoms with Crippen LogP contribution >= 0.6 is 11.6 Å². The molecule has 0 spiro atoms. The van der Waals surface area contributed by atoms with E-state index in [2.05, 4.69) is 5.32 Å². The molecule has 3 aromatic rings. The summed E-state index contributed by atoms with van der Waals surface area (Å²) < 4.78 is 5.87. The number of nitrogens with zero attached hydrogens (tertiary/aromatic N) is 1. The molecule has 3 aromatic carbocycles. The maximum absolute atomic E-state index is 13.5. The lowest BCUT2D eigenvalue weighted by atomic mass is 10.0. The van der Waals surface area contributed by atoms with Gasteiger partial charge in [-0.1, -0.05) is 66.2 Å². The Kier molecular flexibility index (Phi) is 8.72. The van der Waals surface area contributed by atoms with E-state index in [9.17, 15) is 9.59 Å². The van der Waals surface area contributed by atoms with Crippen LogP contribution in [0, 0.1) is 20.8 Å². The van der Waals surface area contributed by atoms with Gasteiger partial charge in [-0.05, 0) is 60.7 Å². The molecule has 0 aromatic heterocycles. The number of benzene rings is 3. The van der Waals surface area contributed by atoms with Crippen LogP contribution in [0.2, 0.25) is 5.02 Å². The average molecular weight is 479 g/mol. The fourth-order valence-electron chi connectivity index (χ4n) is 3.91. The topological polar surface area (TPSA) is 58.6 Å². The first-order valence-corrected chi connectivity index (χ1v) is 11.7. The molecule has 3 rings (SSSR count). The van der Waals surface area contributed by atoms with E-state index in [1.54, 1.807) is 11.9 Å². The van der Waals surface area contributed by atoms with Crippen molar-refractivity contribution in [1.29, 1.82) is 0 Å². The largest absolute Gasteiger partial charge is 0.484 e. The van der Waals surface area contributed by atoms with Gasteiger partial charge in [0.15, 0.2) is 6.61 Å². The fourth-order valence-corrected chi connectivity index (χ4v) is 4.02. The maximum Gasteiger partial charge on any atom is 0.261 e. The van der Waals surface area contributed by atoms with Crippen LogP contribution in [0.1, 0.15) is 27.8 Å². The van der Waals surface area contributed by atoms with Crippen LogP contribution in [0.4, 0.5) is 0 Å². The number of nitrogens with one attached hydrogen (secondary N) is 1. The monoisotopic (exact) mass is 478 g/mol. The van der Waals surface area contributed by atoms with Gasteiger partial charge in [-0.2, -0.15) is 0 Å². The molecule has 0 unspecified atom stereocenters. The summed E-state index contributed by atoms with van der Waals surface area (Å²) in [7, 11) is 1.59. The van der Waals surface area contributed by atoms with Crippen LogP contribution in [0.25, 0.3) is 0 Å². The highest BCUT2D eigenvalue weighted by Gasteiger charge is 2.30. The van der Waals surface area contributed by atoms with Crippen LogP contribution < -0.4 is 10.1 Å². The van der Waals surface area contributed by atoms with Gasteiger partial charge in [-0.3, -0.25) is 9.59 Å². The number of likely N-dealkylation sites (N-methyl/N-ethyl adjacent to an activating group) is 1. The zero-order valence-corrected chi connectivity index (χ0v) is 20.9. The maximum atomic E-state index is 13.5. The van der Waals surface area contributed by atoms with Gasteiger partial charge in [0.05, 0.1) is 0 Å². The van der Waals surface area contributed by atoms with Crippen molar-refractivity contribution in [2.45, 2.75) is 39.8 Å². The minimum Gasteiger partial charge on any atom is -0.484 e. The Labute approximate surface area is 206 Å². The van der Waals surface area contributed by atoms with E-state index in [4.69, 9.17) is 16.3 Å². The lowest BCUT2D eigenvalue weighted by molar-refractivity contribution is -0.142. The predicted molar refractivity (Wildman–Crippen MR) is 136 cm³/mol. The molecule has 0 saturated carbocycles. The zero-order chi connectivity index (χ0) is 24.7. The Hall–Kier alpha value is -3.31. The molecule has 0 aliphatic heterocycles. The first kappa shape index (κ1) is 25.3. The van der Waals surface area contributed by atoms with Crippen molar-refractivity contribution in [3.05, 3.63) is 99.6 Å². The summed E-state index contributed by atoms with van der Waals surface area (Å²) in [6.07, 6.45) is 0.400. The Morgan fingerprint density at radius 2 is 1.56 bits per heavy atom. The molecular formula is C28H31ClN2O3. The lowest BCUT2D eigenvalue weighted by Gasteiger charge is -2.31. The van der Waals surface area contributed by atoms with Gasteiger partial charge >= 0.3 is 0 Å². The molecule has 0 bridgehead atoms. The molecular weight excluding hydrogens is 448 g/mol. The molecule has 0 aliphatic carbocycles. The molecule has 34 heavy (non-hydrogen) atoms. The van der Waals surface area contributed by atoms with Gasteiger partial charge in [-0.25, -0.2) is 0 Å².